The fourth-order valence-corrected chi connectivity index (χ4v) is 4.23. The van der Waals surface area contributed by atoms with Crippen LogP contribution in [-0.4, -0.2) is 70.0 Å². The highest BCUT2D eigenvalue weighted by molar-refractivity contribution is 6.33. The molecule has 1 saturated heterocycles. The van der Waals surface area contributed by atoms with Crippen LogP contribution in [0.5, 0.6) is 0 Å². The number of benzene rings is 2. The number of anilines is 2. The minimum atomic E-state index is -0.132. The second kappa shape index (κ2) is 9.31. The molecular weight excluding hydrogens is 415 g/mol. The molecule has 1 fully saturated rings. The average molecular weight is 442 g/mol. The van der Waals surface area contributed by atoms with Gasteiger partial charge in [0, 0.05) is 55.7 Å². The molecule has 1 aliphatic heterocycles. The Bertz CT molecular complexity index is 1280. The van der Waals surface area contributed by atoms with Gasteiger partial charge < -0.3 is 15.2 Å². The Kier molecular flexibility index (Phi) is 6.08. The van der Waals surface area contributed by atoms with E-state index in [1.54, 1.807) is 4.68 Å². The Balaban J connectivity index is 1.45. The quantitative estimate of drug-likeness (QED) is 0.435. The largest absolute Gasteiger partial charge is 0.394 e. The molecule has 0 spiro atoms. The Hall–Kier alpha value is -3.27. The van der Waals surface area contributed by atoms with Gasteiger partial charge in [0.05, 0.1) is 31.0 Å². The third-order valence-electron chi connectivity index (χ3n) is 5.86. The molecule has 0 bridgehead atoms. The van der Waals surface area contributed by atoms with Gasteiger partial charge in [-0.1, -0.05) is 17.6 Å². The first-order valence-electron chi connectivity index (χ1n) is 11.1. The zero-order chi connectivity index (χ0) is 22.8. The fraction of sp³-hybridized carbons (Fsp3) is 0.292. The highest BCUT2D eigenvalue weighted by Gasteiger charge is 2.20. The molecule has 3 heterocycles. The first kappa shape index (κ1) is 21.6. The zero-order valence-corrected chi connectivity index (χ0v) is 18.9. The van der Waals surface area contributed by atoms with Gasteiger partial charge in [0.25, 0.3) is 0 Å². The van der Waals surface area contributed by atoms with Crippen molar-refractivity contribution in [3.8, 4) is 11.1 Å². The molecule has 0 saturated carbocycles. The highest BCUT2D eigenvalue weighted by Crippen LogP contribution is 2.27. The van der Waals surface area contributed by atoms with Crippen LogP contribution in [0.2, 0.25) is 0 Å². The van der Waals surface area contributed by atoms with Crippen LogP contribution in [0.25, 0.3) is 22.0 Å². The first-order chi connectivity index (χ1) is 16.1. The van der Waals surface area contributed by atoms with Crippen LogP contribution < -0.4 is 10.8 Å². The second-order valence-electron chi connectivity index (χ2n) is 8.61. The molecule has 0 radical (unpaired) electrons. The number of aliphatic hydroxyl groups excluding tert-OH is 1. The Morgan fingerprint density at radius 3 is 2.91 bits per heavy atom. The number of morpholine rings is 1. The molecule has 1 unspecified atom stereocenters. The van der Waals surface area contributed by atoms with Crippen LogP contribution >= 0.6 is 0 Å². The molecule has 168 valence electrons. The lowest BCUT2D eigenvalue weighted by atomic mass is 9.95. The average Bonchev–Trinajstić information content (AvgIpc) is 3.25. The molecule has 9 heteroatoms. The predicted molar refractivity (Wildman–Crippen MR) is 132 cm³/mol. The van der Waals surface area contributed by atoms with Crippen LogP contribution in [0.3, 0.4) is 0 Å². The Morgan fingerprint density at radius 1 is 1.18 bits per heavy atom. The summed E-state index contributed by atoms with van der Waals surface area (Å²) >= 11 is 0. The molecule has 0 amide bonds. The van der Waals surface area contributed by atoms with Crippen molar-refractivity contribution in [1.29, 1.82) is 0 Å². The maximum atomic E-state index is 9.48. The molecule has 4 aromatic rings. The van der Waals surface area contributed by atoms with E-state index in [1.165, 1.54) is 5.46 Å². The van der Waals surface area contributed by atoms with E-state index in [1.807, 2.05) is 31.7 Å². The summed E-state index contributed by atoms with van der Waals surface area (Å²) in [5.74, 6) is 0.562. The number of ether oxygens (including phenoxy) is 1. The van der Waals surface area contributed by atoms with Crippen LogP contribution in [0.1, 0.15) is 5.56 Å². The Morgan fingerprint density at radius 2 is 2.09 bits per heavy atom. The predicted octanol–water partition coefficient (Wildman–Crippen LogP) is 1.23. The minimum Gasteiger partial charge on any atom is -0.394 e. The molecule has 5 rings (SSSR count). The van der Waals surface area contributed by atoms with Gasteiger partial charge in [-0.15, -0.1) is 0 Å². The van der Waals surface area contributed by atoms with Gasteiger partial charge in [-0.25, -0.2) is 9.97 Å². The van der Waals surface area contributed by atoms with Crippen molar-refractivity contribution < 1.29 is 9.84 Å². The lowest BCUT2D eigenvalue weighted by molar-refractivity contribution is -0.0550. The number of aryl methyl sites for hydroxylation is 1. The molecule has 0 aliphatic carbocycles. The summed E-state index contributed by atoms with van der Waals surface area (Å²) in [6, 6.07) is 12.6. The lowest BCUT2D eigenvalue weighted by Crippen LogP contribution is -2.43. The standard InChI is InChI=1S/C24H27BN6O2/c1-30-13-19(11-27-30)17-6-16(12-31-4-5-33-22(14-31)15-32)7-21(9-17)28-24-26-10-18-8-20(25)2-3-23(18)29-24/h2-3,6-11,13,22,32H,4-5,12,14-15,25H2,1H3,(H,26,28,29). The summed E-state index contributed by atoms with van der Waals surface area (Å²) in [5, 5.41) is 18.2. The molecule has 2 N–H and O–H groups in total. The van der Waals surface area contributed by atoms with E-state index in [-0.39, 0.29) is 12.7 Å². The number of nitrogens with one attached hydrogen (secondary N) is 1. The number of nitrogens with zero attached hydrogens (tertiary/aromatic N) is 5. The smallest absolute Gasteiger partial charge is 0.227 e. The van der Waals surface area contributed by atoms with E-state index in [2.05, 4.69) is 58.5 Å². The van der Waals surface area contributed by atoms with Gasteiger partial charge >= 0.3 is 0 Å². The molecule has 2 aromatic carbocycles. The normalized spacial score (nSPS) is 16.8. The van der Waals surface area contributed by atoms with Crippen molar-refractivity contribution in [1.82, 2.24) is 24.6 Å². The number of rotatable bonds is 6. The molecule has 2 aromatic heterocycles. The van der Waals surface area contributed by atoms with Crippen LogP contribution in [0, 0.1) is 0 Å². The highest BCUT2D eigenvalue weighted by atomic mass is 16.5. The SMILES string of the molecule is Bc1ccc2nc(Nc3cc(CN4CCOC(CO)C4)cc(-c4cnn(C)c4)c3)ncc2c1. The van der Waals surface area contributed by atoms with Crippen molar-refractivity contribution in [3.63, 3.8) is 0 Å². The molecular formula is C24H27BN6O2. The third kappa shape index (κ3) is 5.06. The first-order valence-corrected chi connectivity index (χ1v) is 11.1. The van der Waals surface area contributed by atoms with E-state index < -0.39 is 0 Å². The fourth-order valence-electron chi connectivity index (χ4n) is 4.23. The number of hydrogen-bond acceptors (Lipinski definition) is 7. The molecule has 1 aliphatic rings. The van der Waals surface area contributed by atoms with Crippen molar-refractivity contribution in [3.05, 3.63) is 60.6 Å². The minimum absolute atomic E-state index is 0.0395. The van der Waals surface area contributed by atoms with Gasteiger partial charge in [0.15, 0.2) is 0 Å². The lowest BCUT2D eigenvalue weighted by Gasteiger charge is -2.32. The van der Waals surface area contributed by atoms with E-state index >= 15 is 0 Å². The van der Waals surface area contributed by atoms with Crippen LogP contribution in [0.15, 0.2) is 55.0 Å². The maximum Gasteiger partial charge on any atom is 0.227 e. The van der Waals surface area contributed by atoms with Crippen molar-refractivity contribution in [2.24, 2.45) is 7.05 Å². The van der Waals surface area contributed by atoms with Crippen LogP contribution in [0.4, 0.5) is 11.6 Å². The number of fused-ring (bicyclic) bond motifs is 1. The summed E-state index contributed by atoms with van der Waals surface area (Å²) in [5.41, 5.74) is 6.30. The maximum absolute atomic E-state index is 9.48. The van der Waals surface area contributed by atoms with Crippen molar-refractivity contribution in [2.45, 2.75) is 12.6 Å². The van der Waals surface area contributed by atoms with E-state index in [9.17, 15) is 5.11 Å². The van der Waals surface area contributed by atoms with Crippen LogP contribution in [-0.2, 0) is 18.3 Å². The number of hydrogen-bond donors (Lipinski definition) is 2. The summed E-state index contributed by atoms with van der Waals surface area (Å²) in [4.78, 5) is 11.5. The summed E-state index contributed by atoms with van der Waals surface area (Å²) < 4.78 is 7.41. The van der Waals surface area contributed by atoms with E-state index in [0.717, 1.165) is 46.4 Å². The summed E-state index contributed by atoms with van der Waals surface area (Å²) in [6.45, 7) is 2.98. The van der Waals surface area contributed by atoms with Gasteiger partial charge in [0.2, 0.25) is 5.95 Å². The third-order valence-corrected chi connectivity index (χ3v) is 5.86. The van der Waals surface area contributed by atoms with Gasteiger partial charge in [-0.05, 0) is 35.4 Å². The van der Waals surface area contributed by atoms with Gasteiger partial charge in [0.1, 0.15) is 7.85 Å². The Labute approximate surface area is 193 Å². The van der Waals surface area contributed by atoms with E-state index in [0.29, 0.717) is 19.1 Å². The van der Waals surface area contributed by atoms with Crippen molar-refractivity contribution >= 4 is 35.8 Å². The summed E-state index contributed by atoms with van der Waals surface area (Å²) in [6.07, 6.45) is 5.60. The number of aromatic nitrogens is 4. The topological polar surface area (TPSA) is 88.3 Å². The monoisotopic (exact) mass is 442 g/mol. The van der Waals surface area contributed by atoms with Gasteiger partial charge in [-0.3, -0.25) is 9.58 Å². The molecule has 8 nitrogen and oxygen atoms in total. The second-order valence-corrected chi connectivity index (χ2v) is 8.61. The number of aliphatic hydroxyl groups is 1. The van der Waals surface area contributed by atoms with Gasteiger partial charge in [-0.2, -0.15) is 5.10 Å². The molecule has 1 atom stereocenters. The molecule has 33 heavy (non-hydrogen) atoms. The van der Waals surface area contributed by atoms with Crippen molar-refractivity contribution in [2.75, 3.05) is 31.6 Å². The van der Waals surface area contributed by atoms with E-state index in [4.69, 9.17) is 9.72 Å². The zero-order valence-electron chi connectivity index (χ0n) is 18.9. The summed E-state index contributed by atoms with van der Waals surface area (Å²) in [7, 11) is 3.98.